The van der Waals surface area contributed by atoms with E-state index in [1.54, 1.807) is 12.1 Å². The molecule has 1 radical (unpaired) electrons. The Bertz CT molecular complexity index is 691. The van der Waals surface area contributed by atoms with Crippen LogP contribution in [0.15, 0.2) is 18.2 Å². The fraction of sp³-hybridized carbons (Fsp3) is 0.333. The molecule has 8 heteroatoms. The average Bonchev–Trinajstić information content (AvgIpc) is 2.85. The number of fused-ring (bicyclic) bond motifs is 1. The number of rotatable bonds is 3. The molecule has 1 aromatic carbocycles. The summed E-state index contributed by atoms with van der Waals surface area (Å²) < 4.78 is 0.394. The Labute approximate surface area is 143 Å². The summed E-state index contributed by atoms with van der Waals surface area (Å²) in [6.45, 7) is 0.224. The van der Waals surface area contributed by atoms with Crippen molar-refractivity contribution in [2.24, 2.45) is 5.73 Å². The molecule has 0 bridgehead atoms. The molecule has 1 aromatic rings. The average molecular weight is 348 g/mol. The molecular formula is C15H14N3O3S2. The zero-order valence-electron chi connectivity index (χ0n) is 12.2. The molecular weight excluding hydrogens is 334 g/mol. The van der Waals surface area contributed by atoms with Crippen molar-refractivity contribution in [2.45, 2.75) is 12.5 Å². The Morgan fingerprint density at radius 1 is 1.48 bits per heavy atom. The molecule has 2 heterocycles. The molecule has 1 unspecified atom stereocenters. The van der Waals surface area contributed by atoms with Crippen molar-refractivity contribution < 1.29 is 14.4 Å². The number of carbonyl (C=O) groups excluding carboxylic acids is 3. The largest absolute Gasteiger partial charge is 0.368 e. The predicted molar refractivity (Wildman–Crippen MR) is 89.4 cm³/mol. The van der Waals surface area contributed by atoms with Gasteiger partial charge in [0.25, 0.3) is 0 Å². The van der Waals surface area contributed by atoms with Crippen LogP contribution in [0.1, 0.15) is 17.2 Å². The number of carbonyl (C=O) groups is 3. The molecule has 0 aromatic heterocycles. The SMILES string of the molecule is NC(=O)C1c2cc[c]cc2CCN1C(=O)CN1C(=O)CSC1=S. The topological polar surface area (TPSA) is 83.7 Å². The zero-order valence-corrected chi connectivity index (χ0v) is 13.8. The van der Waals surface area contributed by atoms with E-state index in [9.17, 15) is 14.4 Å². The second-order valence-electron chi connectivity index (χ2n) is 5.30. The van der Waals surface area contributed by atoms with Crippen LogP contribution in [0, 0.1) is 6.07 Å². The normalized spacial score (nSPS) is 20.6. The van der Waals surface area contributed by atoms with Crippen LogP contribution < -0.4 is 5.73 Å². The van der Waals surface area contributed by atoms with Gasteiger partial charge in [0.1, 0.15) is 16.9 Å². The molecule has 1 atom stereocenters. The van der Waals surface area contributed by atoms with Crippen LogP contribution in [0.5, 0.6) is 0 Å². The third-order valence-corrected chi connectivity index (χ3v) is 5.37. The highest BCUT2D eigenvalue weighted by atomic mass is 32.2. The minimum Gasteiger partial charge on any atom is -0.368 e. The van der Waals surface area contributed by atoms with E-state index in [4.69, 9.17) is 18.0 Å². The third kappa shape index (κ3) is 2.96. The van der Waals surface area contributed by atoms with Crippen LogP contribution in [-0.4, -0.2) is 50.7 Å². The number of hydrogen-bond acceptors (Lipinski definition) is 5. The predicted octanol–water partition coefficient (Wildman–Crippen LogP) is 0.258. The molecule has 3 amide bonds. The molecule has 1 saturated heterocycles. The van der Waals surface area contributed by atoms with Gasteiger partial charge < -0.3 is 10.6 Å². The van der Waals surface area contributed by atoms with Crippen molar-refractivity contribution >= 4 is 46.0 Å². The second kappa shape index (κ2) is 6.29. The first-order valence-electron chi connectivity index (χ1n) is 7.04. The first-order chi connectivity index (χ1) is 11.0. The van der Waals surface area contributed by atoms with Crippen LogP contribution in [-0.2, 0) is 20.8 Å². The molecule has 23 heavy (non-hydrogen) atoms. The smallest absolute Gasteiger partial charge is 0.244 e. The van der Waals surface area contributed by atoms with Crippen molar-refractivity contribution in [3.05, 3.63) is 35.4 Å². The van der Waals surface area contributed by atoms with Gasteiger partial charge in [-0.2, -0.15) is 0 Å². The number of nitrogens with two attached hydrogens (primary N) is 1. The van der Waals surface area contributed by atoms with E-state index >= 15 is 0 Å². The summed E-state index contributed by atoms with van der Waals surface area (Å²) in [6.07, 6.45) is 0.620. The van der Waals surface area contributed by atoms with Crippen molar-refractivity contribution in [3.63, 3.8) is 0 Å². The number of amides is 3. The van der Waals surface area contributed by atoms with Gasteiger partial charge in [-0.1, -0.05) is 42.2 Å². The van der Waals surface area contributed by atoms with Crippen LogP contribution >= 0.6 is 24.0 Å². The molecule has 0 saturated carbocycles. The number of primary amides is 1. The molecule has 6 nitrogen and oxygen atoms in total. The van der Waals surface area contributed by atoms with E-state index in [0.717, 1.165) is 11.1 Å². The summed E-state index contributed by atoms with van der Waals surface area (Å²) in [7, 11) is 0. The molecule has 3 rings (SSSR count). The highest BCUT2D eigenvalue weighted by Gasteiger charge is 2.37. The molecule has 2 aliphatic heterocycles. The number of nitrogens with zero attached hydrogens (tertiary/aromatic N) is 2. The van der Waals surface area contributed by atoms with Crippen molar-refractivity contribution in [2.75, 3.05) is 18.8 Å². The van der Waals surface area contributed by atoms with Gasteiger partial charge in [0, 0.05) is 6.54 Å². The van der Waals surface area contributed by atoms with Crippen molar-refractivity contribution in [1.82, 2.24) is 9.80 Å². The summed E-state index contributed by atoms with van der Waals surface area (Å²) in [5.41, 5.74) is 7.20. The van der Waals surface area contributed by atoms with Gasteiger partial charge >= 0.3 is 0 Å². The highest BCUT2D eigenvalue weighted by molar-refractivity contribution is 8.23. The highest BCUT2D eigenvalue weighted by Crippen LogP contribution is 2.30. The number of hydrogen-bond donors (Lipinski definition) is 1. The van der Waals surface area contributed by atoms with Crippen LogP contribution in [0.25, 0.3) is 0 Å². The van der Waals surface area contributed by atoms with Crippen molar-refractivity contribution in [1.29, 1.82) is 0 Å². The van der Waals surface area contributed by atoms with E-state index in [2.05, 4.69) is 6.07 Å². The Balaban J connectivity index is 1.84. The quantitative estimate of drug-likeness (QED) is 0.792. The van der Waals surface area contributed by atoms with Gasteiger partial charge in [0.15, 0.2) is 0 Å². The Kier molecular flexibility index (Phi) is 4.36. The maximum Gasteiger partial charge on any atom is 0.244 e. The summed E-state index contributed by atoms with van der Waals surface area (Å²) in [5.74, 6) is -0.846. The van der Waals surface area contributed by atoms with Gasteiger partial charge in [-0.25, -0.2) is 0 Å². The Morgan fingerprint density at radius 3 is 2.91 bits per heavy atom. The van der Waals surface area contributed by atoms with E-state index < -0.39 is 11.9 Å². The summed E-state index contributed by atoms with van der Waals surface area (Å²) in [5, 5.41) is 0. The summed E-state index contributed by atoms with van der Waals surface area (Å²) >= 11 is 6.32. The molecule has 2 N–H and O–H groups in total. The van der Waals surface area contributed by atoms with Crippen LogP contribution in [0.3, 0.4) is 0 Å². The lowest BCUT2D eigenvalue weighted by Crippen LogP contribution is -2.49. The van der Waals surface area contributed by atoms with Crippen LogP contribution in [0.2, 0.25) is 0 Å². The lowest BCUT2D eigenvalue weighted by atomic mass is 9.92. The number of thiocarbonyl (C=S) groups is 1. The number of benzene rings is 1. The van der Waals surface area contributed by atoms with Crippen LogP contribution in [0.4, 0.5) is 0 Å². The molecule has 0 aliphatic carbocycles. The number of thioether (sulfide) groups is 1. The molecule has 2 aliphatic rings. The first kappa shape index (κ1) is 15.9. The van der Waals surface area contributed by atoms with E-state index in [1.807, 2.05) is 6.07 Å². The zero-order chi connectivity index (χ0) is 16.6. The van der Waals surface area contributed by atoms with Gasteiger partial charge in [-0.15, -0.1) is 0 Å². The maximum atomic E-state index is 12.6. The van der Waals surface area contributed by atoms with Gasteiger partial charge in [-0.3, -0.25) is 19.3 Å². The van der Waals surface area contributed by atoms with Gasteiger partial charge in [-0.05, 0) is 23.6 Å². The monoisotopic (exact) mass is 348 g/mol. The second-order valence-corrected chi connectivity index (χ2v) is 6.91. The Hall–Kier alpha value is -1.93. The fourth-order valence-electron chi connectivity index (χ4n) is 2.83. The summed E-state index contributed by atoms with van der Waals surface area (Å²) in [6, 6.07) is 7.40. The van der Waals surface area contributed by atoms with Crippen molar-refractivity contribution in [3.8, 4) is 0 Å². The maximum absolute atomic E-state index is 12.6. The molecule has 119 valence electrons. The van der Waals surface area contributed by atoms with Gasteiger partial charge in [0.05, 0.1) is 5.75 Å². The van der Waals surface area contributed by atoms with E-state index in [1.165, 1.54) is 21.6 Å². The van der Waals surface area contributed by atoms with E-state index in [-0.39, 0.29) is 24.1 Å². The minimum atomic E-state index is -0.820. The van der Waals surface area contributed by atoms with Gasteiger partial charge in [0.2, 0.25) is 17.7 Å². The molecule has 1 fully saturated rings. The van der Waals surface area contributed by atoms with E-state index in [0.29, 0.717) is 17.3 Å². The lowest BCUT2D eigenvalue weighted by Gasteiger charge is -2.36. The lowest BCUT2D eigenvalue weighted by molar-refractivity contribution is -0.142. The Morgan fingerprint density at radius 2 is 2.26 bits per heavy atom. The first-order valence-corrected chi connectivity index (χ1v) is 8.43. The fourth-order valence-corrected chi connectivity index (χ4v) is 3.90. The summed E-state index contributed by atoms with van der Waals surface area (Å²) in [4.78, 5) is 39.0. The molecule has 0 spiro atoms. The third-order valence-electron chi connectivity index (χ3n) is 3.94. The standard InChI is InChI=1S/C15H14N3O3S2/c16-14(21)13-10-4-2-1-3-9(10)5-6-17(13)11(19)7-18-12(20)8-23-15(18)22/h2-4,13H,5-8H2,(H2,16,21). The minimum absolute atomic E-state index is 0.150.